The van der Waals surface area contributed by atoms with Crippen molar-refractivity contribution in [3.63, 3.8) is 0 Å². The van der Waals surface area contributed by atoms with Crippen molar-refractivity contribution in [3.05, 3.63) is 17.8 Å². The molecule has 0 radical (unpaired) electrons. The molecule has 50 valence electrons. The van der Waals surface area contributed by atoms with Gasteiger partial charge in [0.05, 0.1) is 0 Å². The molecule has 0 saturated carbocycles. The predicted molar refractivity (Wildman–Crippen MR) is 31.2 cm³/mol. The Bertz CT molecular complexity index is 295. The lowest BCUT2D eigenvalue weighted by atomic mass is 10.3. The van der Waals surface area contributed by atoms with Crippen LogP contribution in [0.1, 0.15) is 23.3 Å². The van der Waals surface area contributed by atoms with Crippen molar-refractivity contribution in [2.45, 2.75) is 6.92 Å². The lowest BCUT2D eigenvalue weighted by molar-refractivity contribution is 0.101. The molecule has 0 aliphatic carbocycles. The van der Waals surface area contributed by atoms with Gasteiger partial charge in [-0.1, -0.05) is 0 Å². The number of carbonyl (C=O) groups is 1. The topological polar surface area (TPSA) is 66.9 Å². The van der Waals surface area contributed by atoms with Crippen LogP contribution in [0, 0.1) is 11.3 Å². The normalized spacial score (nSPS) is 8.80. The summed E-state index contributed by atoms with van der Waals surface area (Å²) in [5.74, 6) is -0.282. The number of hydrogen-bond acceptors (Lipinski definition) is 4. The monoisotopic (exact) mass is 136 g/mol. The van der Waals surface area contributed by atoms with Gasteiger partial charge in [-0.05, 0) is 0 Å². The van der Waals surface area contributed by atoms with Gasteiger partial charge in [0.25, 0.3) is 0 Å². The standard InChI is InChI=1S/C6H4N2O2/c1-4(9)5-3-10-6(2-7)8-5/h3H,1H3. The molecule has 0 fully saturated rings. The molecule has 0 aliphatic rings. The zero-order chi connectivity index (χ0) is 7.56. The highest BCUT2D eigenvalue weighted by Gasteiger charge is 2.05. The lowest BCUT2D eigenvalue weighted by Crippen LogP contribution is -1.90. The number of ketones is 1. The van der Waals surface area contributed by atoms with Gasteiger partial charge in [-0.2, -0.15) is 10.2 Å². The van der Waals surface area contributed by atoms with Crippen molar-refractivity contribution in [1.29, 1.82) is 5.26 Å². The Balaban J connectivity index is 3.02. The summed E-state index contributed by atoms with van der Waals surface area (Å²) in [6.45, 7) is 1.36. The van der Waals surface area contributed by atoms with Gasteiger partial charge < -0.3 is 4.42 Å². The summed E-state index contributed by atoms with van der Waals surface area (Å²) in [6, 6.07) is 1.67. The van der Waals surface area contributed by atoms with Crippen molar-refractivity contribution in [1.82, 2.24) is 4.98 Å². The van der Waals surface area contributed by atoms with E-state index in [4.69, 9.17) is 5.26 Å². The molecule has 1 aromatic rings. The van der Waals surface area contributed by atoms with Crippen molar-refractivity contribution in [2.75, 3.05) is 0 Å². The molecule has 0 unspecified atom stereocenters. The maximum atomic E-state index is 10.5. The number of Topliss-reactive ketones (excluding diaryl/α,β-unsaturated/α-hetero) is 1. The molecule has 0 aromatic carbocycles. The Morgan fingerprint density at radius 1 is 1.90 bits per heavy atom. The highest BCUT2D eigenvalue weighted by molar-refractivity contribution is 5.91. The van der Waals surface area contributed by atoms with Gasteiger partial charge >= 0.3 is 5.89 Å². The van der Waals surface area contributed by atoms with Crippen LogP contribution >= 0.6 is 0 Å². The fourth-order valence-electron chi connectivity index (χ4n) is 0.487. The quantitative estimate of drug-likeness (QED) is 0.534. The Labute approximate surface area is 57.1 Å². The fraction of sp³-hybridized carbons (Fsp3) is 0.167. The van der Waals surface area contributed by atoms with E-state index < -0.39 is 0 Å². The minimum atomic E-state index is -0.203. The van der Waals surface area contributed by atoms with Gasteiger partial charge in [0, 0.05) is 6.92 Å². The average molecular weight is 136 g/mol. The van der Waals surface area contributed by atoms with E-state index in [1.807, 2.05) is 0 Å². The van der Waals surface area contributed by atoms with Crippen LogP contribution in [0.25, 0.3) is 0 Å². The van der Waals surface area contributed by atoms with Crippen LogP contribution in [0.4, 0.5) is 0 Å². The summed E-state index contributed by atoms with van der Waals surface area (Å²) in [7, 11) is 0. The first-order valence-corrected chi connectivity index (χ1v) is 2.60. The molecule has 0 bridgehead atoms. The molecule has 0 N–H and O–H groups in total. The zero-order valence-corrected chi connectivity index (χ0v) is 5.29. The molecule has 0 spiro atoms. The Kier molecular flexibility index (Phi) is 1.50. The van der Waals surface area contributed by atoms with Crippen LogP contribution in [-0.4, -0.2) is 10.8 Å². The molecule has 10 heavy (non-hydrogen) atoms. The fourth-order valence-corrected chi connectivity index (χ4v) is 0.487. The lowest BCUT2D eigenvalue weighted by Gasteiger charge is -1.76. The molecular weight excluding hydrogens is 132 g/mol. The first kappa shape index (κ1) is 6.49. The third kappa shape index (κ3) is 1.03. The van der Waals surface area contributed by atoms with E-state index in [0.29, 0.717) is 0 Å². The van der Waals surface area contributed by atoms with Crippen LogP contribution in [0.15, 0.2) is 10.7 Å². The van der Waals surface area contributed by atoms with E-state index in [2.05, 4.69) is 9.40 Å². The summed E-state index contributed by atoms with van der Waals surface area (Å²) in [4.78, 5) is 14.1. The second-order valence-electron chi connectivity index (χ2n) is 1.71. The number of rotatable bonds is 1. The van der Waals surface area contributed by atoms with Gasteiger partial charge in [0.1, 0.15) is 12.0 Å². The molecule has 1 heterocycles. The first-order chi connectivity index (χ1) is 4.74. The Morgan fingerprint density at radius 2 is 2.60 bits per heavy atom. The Morgan fingerprint density at radius 3 is 2.90 bits per heavy atom. The van der Waals surface area contributed by atoms with Crippen LogP contribution in [0.2, 0.25) is 0 Å². The number of nitrogens with zero attached hydrogens (tertiary/aromatic N) is 2. The van der Waals surface area contributed by atoms with Gasteiger partial charge in [0.2, 0.25) is 0 Å². The van der Waals surface area contributed by atoms with Crippen LogP contribution in [0.3, 0.4) is 0 Å². The molecule has 1 rings (SSSR count). The minimum absolute atomic E-state index is 0.0785. The Hall–Kier alpha value is -1.63. The molecule has 0 amide bonds. The highest BCUT2D eigenvalue weighted by atomic mass is 16.3. The summed E-state index contributed by atoms with van der Waals surface area (Å²) in [5, 5.41) is 8.22. The molecule has 4 nitrogen and oxygen atoms in total. The largest absolute Gasteiger partial charge is 0.436 e. The molecule has 0 aliphatic heterocycles. The molecule has 1 aromatic heterocycles. The maximum absolute atomic E-state index is 10.5. The van der Waals surface area contributed by atoms with Gasteiger partial charge in [-0.15, -0.1) is 0 Å². The summed E-state index contributed by atoms with van der Waals surface area (Å²) >= 11 is 0. The van der Waals surface area contributed by atoms with E-state index in [9.17, 15) is 4.79 Å². The SMILES string of the molecule is CC(=O)c1coc(C#N)n1. The van der Waals surface area contributed by atoms with Crippen molar-refractivity contribution in [2.24, 2.45) is 0 Å². The molecule has 0 atom stereocenters. The average Bonchev–Trinajstić information content (AvgIpc) is 2.34. The van der Waals surface area contributed by atoms with E-state index in [1.165, 1.54) is 13.2 Å². The van der Waals surface area contributed by atoms with E-state index >= 15 is 0 Å². The number of nitriles is 1. The molecular formula is C6H4N2O2. The minimum Gasteiger partial charge on any atom is -0.436 e. The van der Waals surface area contributed by atoms with E-state index in [-0.39, 0.29) is 17.4 Å². The van der Waals surface area contributed by atoms with E-state index in [0.717, 1.165) is 0 Å². The first-order valence-electron chi connectivity index (χ1n) is 2.60. The third-order valence-electron chi connectivity index (χ3n) is 0.961. The summed E-state index contributed by atoms with van der Waals surface area (Å²) in [6.07, 6.45) is 1.17. The summed E-state index contributed by atoms with van der Waals surface area (Å²) in [5.41, 5.74) is 0.191. The van der Waals surface area contributed by atoms with Crippen molar-refractivity contribution < 1.29 is 9.21 Å². The number of hydrogen-bond donors (Lipinski definition) is 0. The molecule has 0 saturated heterocycles. The molecule has 4 heteroatoms. The second-order valence-corrected chi connectivity index (χ2v) is 1.71. The van der Waals surface area contributed by atoms with Crippen molar-refractivity contribution >= 4 is 5.78 Å². The third-order valence-corrected chi connectivity index (χ3v) is 0.961. The smallest absolute Gasteiger partial charge is 0.301 e. The zero-order valence-electron chi connectivity index (χ0n) is 5.29. The second kappa shape index (κ2) is 2.31. The number of oxazole rings is 1. The highest BCUT2D eigenvalue weighted by Crippen LogP contribution is 2.00. The number of carbonyl (C=O) groups excluding carboxylic acids is 1. The van der Waals surface area contributed by atoms with Gasteiger partial charge in [-0.3, -0.25) is 4.79 Å². The van der Waals surface area contributed by atoms with Gasteiger partial charge in [-0.25, -0.2) is 0 Å². The van der Waals surface area contributed by atoms with Crippen LogP contribution in [-0.2, 0) is 0 Å². The van der Waals surface area contributed by atoms with Gasteiger partial charge in [0.15, 0.2) is 11.9 Å². The van der Waals surface area contributed by atoms with Crippen LogP contribution in [0.5, 0.6) is 0 Å². The van der Waals surface area contributed by atoms with E-state index in [1.54, 1.807) is 6.07 Å². The summed E-state index contributed by atoms with van der Waals surface area (Å²) < 4.78 is 4.58. The maximum Gasteiger partial charge on any atom is 0.301 e. The van der Waals surface area contributed by atoms with Crippen molar-refractivity contribution in [3.8, 4) is 6.07 Å². The van der Waals surface area contributed by atoms with Crippen LogP contribution < -0.4 is 0 Å². The number of aromatic nitrogens is 1. The predicted octanol–water partition coefficient (Wildman–Crippen LogP) is 0.749.